The van der Waals surface area contributed by atoms with Crippen LogP contribution in [0.3, 0.4) is 0 Å². The molecule has 0 unspecified atom stereocenters. The van der Waals surface area contributed by atoms with E-state index in [0.29, 0.717) is 28.3 Å². The lowest BCUT2D eigenvalue weighted by Crippen LogP contribution is -1.99. The zero-order valence-electron chi connectivity index (χ0n) is 9.11. The Morgan fingerprint density at radius 1 is 1.53 bits per heavy atom. The first kappa shape index (κ1) is 11.8. The number of rotatable bonds is 3. The molecule has 0 spiro atoms. The van der Waals surface area contributed by atoms with Gasteiger partial charge in [-0.3, -0.25) is 4.98 Å². The van der Waals surface area contributed by atoms with Crippen molar-refractivity contribution < 1.29 is 9.13 Å². The Kier molecular flexibility index (Phi) is 3.55. The summed E-state index contributed by atoms with van der Waals surface area (Å²) in [6.45, 7) is 0.296. The average molecular weight is 251 g/mol. The normalized spacial score (nSPS) is 10.5. The van der Waals surface area contributed by atoms with E-state index in [0.717, 1.165) is 6.20 Å². The Labute approximate surface area is 103 Å². The van der Waals surface area contributed by atoms with E-state index < -0.39 is 5.82 Å². The second-order valence-corrected chi connectivity index (χ2v) is 3.79. The maximum atomic E-state index is 13.6. The highest BCUT2D eigenvalue weighted by molar-refractivity contribution is 7.71. The number of H-pyrrole nitrogens is 1. The van der Waals surface area contributed by atoms with Gasteiger partial charge >= 0.3 is 0 Å². The number of nitrogens with one attached hydrogen (secondary N) is 1. The second-order valence-electron chi connectivity index (χ2n) is 3.37. The van der Waals surface area contributed by atoms with E-state index in [1.54, 1.807) is 19.2 Å². The van der Waals surface area contributed by atoms with Gasteiger partial charge in [0.1, 0.15) is 17.1 Å². The van der Waals surface area contributed by atoms with Gasteiger partial charge in [0.15, 0.2) is 5.82 Å². The van der Waals surface area contributed by atoms with Gasteiger partial charge in [-0.05, 0) is 12.1 Å². The molecular formula is C11H10FN3OS. The highest BCUT2D eigenvalue weighted by atomic mass is 32.1. The first-order valence-electron chi connectivity index (χ1n) is 4.90. The van der Waals surface area contributed by atoms with Gasteiger partial charge in [-0.2, -0.15) is 0 Å². The van der Waals surface area contributed by atoms with E-state index in [4.69, 9.17) is 17.0 Å². The minimum Gasteiger partial charge on any atom is -0.377 e. The summed E-state index contributed by atoms with van der Waals surface area (Å²) >= 11 is 5.02. The predicted molar refractivity (Wildman–Crippen MR) is 63.3 cm³/mol. The van der Waals surface area contributed by atoms with Crippen molar-refractivity contribution in [2.24, 2.45) is 0 Å². The van der Waals surface area contributed by atoms with E-state index in [1.807, 2.05) is 0 Å². The summed E-state index contributed by atoms with van der Waals surface area (Å²) in [5, 5.41) is 0. The molecule has 4 nitrogen and oxygen atoms in total. The van der Waals surface area contributed by atoms with Crippen molar-refractivity contribution in [2.75, 3.05) is 7.11 Å². The zero-order valence-corrected chi connectivity index (χ0v) is 9.92. The van der Waals surface area contributed by atoms with Crippen molar-refractivity contribution in [1.82, 2.24) is 15.0 Å². The molecule has 2 aromatic rings. The number of hydrogen-bond acceptors (Lipinski definition) is 4. The lowest BCUT2D eigenvalue weighted by atomic mass is 10.2. The topological polar surface area (TPSA) is 50.8 Å². The Balaban J connectivity index is 2.52. The molecule has 6 heteroatoms. The van der Waals surface area contributed by atoms with Crippen molar-refractivity contribution in [2.45, 2.75) is 6.61 Å². The van der Waals surface area contributed by atoms with Crippen molar-refractivity contribution in [3.63, 3.8) is 0 Å². The third kappa shape index (κ3) is 2.72. The molecule has 0 atom stereocenters. The summed E-state index contributed by atoms with van der Waals surface area (Å²) in [7, 11) is 1.55. The Bertz CT molecular complexity index is 585. The molecule has 0 aliphatic heterocycles. The molecule has 2 rings (SSSR count). The summed E-state index contributed by atoms with van der Waals surface area (Å²) in [6.07, 6.45) is 2.67. The largest absolute Gasteiger partial charge is 0.377 e. The van der Waals surface area contributed by atoms with Crippen LogP contribution in [-0.2, 0) is 11.3 Å². The van der Waals surface area contributed by atoms with Crippen LogP contribution in [0.1, 0.15) is 5.82 Å². The molecule has 0 saturated heterocycles. The molecule has 0 bridgehead atoms. The second kappa shape index (κ2) is 5.11. The van der Waals surface area contributed by atoms with Gasteiger partial charge in [0.25, 0.3) is 0 Å². The summed E-state index contributed by atoms with van der Waals surface area (Å²) in [5.41, 5.74) is 0.975. The van der Waals surface area contributed by atoms with Gasteiger partial charge in [0.05, 0.1) is 11.9 Å². The fraction of sp³-hybridized carbons (Fsp3) is 0.182. The van der Waals surface area contributed by atoms with Crippen molar-refractivity contribution in [3.05, 3.63) is 40.8 Å². The number of pyridine rings is 1. The molecule has 0 aromatic carbocycles. The van der Waals surface area contributed by atoms with E-state index in [-0.39, 0.29) is 0 Å². The van der Waals surface area contributed by atoms with Crippen LogP contribution in [-0.4, -0.2) is 22.1 Å². The van der Waals surface area contributed by atoms with Crippen LogP contribution in [0, 0.1) is 10.5 Å². The SMILES string of the molecule is COCc1nc(=S)cc(-c2ccncc2F)[nH]1. The minimum absolute atomic E-state index is 0.296. The maximum absolute atomic E-state index is 13.6. The number of nitrogens with zero attached hydrogens (tertiary/aromatic N) is 2. The molecular weight excluding hydrogens is 241 g/mol. The number of aromatic nitrogens is 3. The van der Waals surface area contributed by atoms with Crippen LogP contribution in [0.5, 0.6) is 0 Å². The van der Waals surface area contributed by atoms with Crippen molar-refractivity contribution in [3.8, 4) is 11.3 Å². The van der Waals surface area contributed by atoms with Crippen LogP contribution in [0.25, 0.3) is 11.3 Å². The molecule has 0 amide bonds. The zero-order chi connectivity index (χ0) is 12.3. The molecule has 0 radical (unpaired) electrons. The van der Waals surface area contributed by atoms with Gasteiger partial charge < -0.3 is 9.72 Å². The molecule has 1 N–H and O–H groups in total. The van der Waals surface area contributed by atoms with Crippen LogP contribution in [0.2, 0.25) is 0 Å². The fourth-order valence-electron chi connectivity index (χ4n) is 1.45. The number of aromatic amines is 1. The first-order valence-corrected chi connectivity index (χ1v) is 5.30. The number of hydrogen-bond donors (Lipinski definition) is 1. The number of methoxy groups -OCH3 is 1. The van der Waals surface area contributed by atoms with Crippen LogP contribution >= 0.6 is 12.2 Å². The van der Waals surface area contributed by atoms with Gasteiger partial charge in [-0.25, -0.2) is 9.37 Å². The molecule has 0 aliphatic rings. The van der Waals surface area contributed by atoms with E-state index in [2.05, 4.69) is 15.0 Å². The number of ether oxygens (including phenoxy) is 1. The van der Waals surface area contributed by atoms with Crippen molar-refractivity contribution in [1.29, 1.82) is 0 Å². The lowest BCUT2D eigenvalue weighted by molar-refractivity contribution is 0.177. The maximum Gasteiger partial charge on any atom is 0.150 e. The quantitative estimate of drug-likeness (QED) is 0.851. The molecule has 0 aliphatic carbocycles. The van der Waals surface area contributed by atoms with Gasteiger partial charge in [0.2, 0.25) is 0 Å². The van der Waals surface area contributed by atoms with Crippen molar-refractivity contribution >= 4 is 12.2 Å². The summed E-state index contributed by atoms with van der Waals surface area (Å²) in [4.78, 5) is 10.7. The lowest BCUT2D eigenvalue weighted by Gasteiger charge is -2.06. The highest BCUT2D eigenvalue weighted by Gasteiger charge is 2.06. The third-order valence-electron chi connectivity index (χ3n) is 2.14. The Hall–Kier alpha value is -1.66. The minimum atomic E-state index is -0.410. The number of halogens is 1. The van der Waals surface area contributed by atoms with E-state index >= 15 is 0 Å². The summed E-state index contributed by atoms with van der Waals surface area (Å²) in [6, 6.07) is 3.18. The van der Waals surface area contributed by atoms with Gasteiger partial charge in [-0.15, -0.1) is 0 Å². The molecule has 2 aromatic heterocycles. The average Bonchev–Trinajstić information content (AvgIpc) is 2.29. The predicted octanol–water partition coefficient (Wildman–Crippen LogP) is 2.49. The smallest absolute Gasteiger partial charge is 0.150 e. The fourth-order valence-corrected chi connectivity index (χ4v) is 1.68. The Morgan fingerprint density at radius 3 is 3.06 bits per heavy atom. The molecule has 0 saturated carbocycles. The standard InChI is InChI=1S/C11H10FN3OS/c1-16-6-10-14-9(4-11(17)15-10)7-2-3-13-5-8(7)12/h2-5H,6H2,1H3,(H,14,15,17). The molecule has 17 heavy (non-hydrogen) atoms. The Morgan fingerprint density at radius 2 is 2.35 bits per heavy atom. The highest BCUT2D eigenvalue weighted by Crippen LogP contribution is 2.19. The molecule has 2 heterocycles. The summed E-state index contributed by atoms with van der Waals surface area (Å²) in [5.74, 6) is 0.152. The van der Waals surface area contributed by atoms with Crippen LogP contribution in [0.4, 0.5) is 4.39 Å². The third-order valence-corrected chi connectivity index (χ3v) is 2.34. The monoisotopic (exact) mass is 251 g/mol. The van der Waals surface area contributed by atoms with E-state index in [9.17, 15) is 4.39 Å². The first-order chi connectivity index (χ1) is 8.20. The molecule has 0 fully saturated rings. The van der Waals surface area contributed by atoms with E-state index in [1.165, 1.54) is 6.20 Å². The van der Waals surface area contributed by atoms with Crippen LogP contribution < -0.4 is 0 Å². The van der Waals surface area contributed by atoms with Gasteiger partial charge in [0, 0.05) is 18.9 Å². The summed E-state index contributed by atoms with van der Waals surface area (Å²) < 4.78 is 18.9. The van der Waals surface area contributed by atoms with Gasteiger partial charge in [-0.1, -0.05) is 12.2 Å². The van der Waals surface area contributed by atoms with Crippen LogP contribution in [0.15, 0.2) is 24.5 Å². The molecule has 88 valence electrons.